The minimum Gasteiger partial charge on any atom is -0.506 e. The zero-order chi connectivity index (χ0) is 20.6. The van der Waals surface area contributed by atoms with Crippen molar-refractivity contribution in [3.63, 3.8) is 0 Å². The molecule has 0 aliphatic carbocycles. The molecule has 1 aromatic rings. The highest BCUT2D eigenvalue weighted by Gasteiger charge is 2.22. The van der Waals surface area contributed by atoms with Crippen LogP contribution in [0.4, 0.5) is 5.69 Å². The molecule has 0 amide bonds. The van der Waals surface area contributed by atoms with Gasteiger partial charge >= 0.3 is 0 Å². The number of rotatable bonds is 6. The Labute approximate surface area is 199 Å². The number of anilines is 1. The average Bonchev–Trinajstić information content (AvgIpc) is 2.75. The summed E-state index contributed by atoms with van der Waals surface area (Å²) in [4.78, 5) is 14.2. The van der Waals surface area contributed by atoms with E-state index >= 15 is 0 Å². The standard InChI is InChI=1S/C22H38N6O.HI/c1-4-25-9-11-26(12-10-25)18-19(2)17-24-22(23-3)28-15-13-27(14-16-28)20-7-5-6-8-21(20)29;/h5-8,19,29H,4,9-18H2,1-3H3,(H,23,24);1H. The van der Waals surface area contributed by atoms with Crippen molar-refractivity contribution in [3.05, 3.63) is 24.3 Å². The van der Waals surface area contributed by atoms with Crippen LogP contribution < -0.4 is 10.2 Å². The summed E-state index contributed by atoms with van der Waals surface area (Å²) in [5.41, 5.74) is 0.923. The Bertz CT molecular complexity index is 657. The third-order valence-electron chi connectivity index (χ3n) is 6.10. The number of halogens is 1. The van der Waals surface area contributed by atoms with E-state index in [4.69, 9.17) is 0 Å². The van der Waals surface area contributed by atoms with Crippen LogP contribution in [-0.2, 0) is 0 Å². The SMILES string of the molecule is CCN1CCN(CC(C)CNC(=NC)N2CCN(c3ccccc3O)CC2)CC1.I. The van der Waals surface area contributed by atoms with Gasteiger partial charge in [0.15, 0.2) is 5.96 Å². The first kappa shape index (κ1) is 25.0. The number of nitrogens with zero attached hydrogens (tertiary/aromatic N) is 5. The molecule has 8 heteroatoms. The van der Waals surface area contributed by atoms with Gasteiger partial charge in [-0.25, -0.2) is 0 Å². The molecule has 2 aliphatic rings. The van der Waals surface area contributed by atoms with E-state index in [1.54, 1.807) is 6.07 Å². The van der Waals surface area contributed by atoms with Crippen LogP contribution in [0.2, 0.25) is 0 Å². The van der Waals surface area contributed by atoms with Crippen molar-refractivity contribution in [3.8, 4) is 5.75 Å². The first-order valence-corrected chi connectivity index (χ1v) is 11.0. The van der Waals surface area contributed by atoms with Gasteiger partial charge in [-0.15, -0.1) is 24.0 Å². The Morgan fingerprint density at radius 1 is 1.03 bits per heavy atom. The van der Waals surface area contributed by atoms with Crippen LogP contribution in [0.5, 0.6) is 5.75 Å². The summed E-state index contributed by atoms with van der Waals surface area (Å²) in [5, 5.41) is 13.7. The van der Waals surface area contributed by atoms with E-state index in [0.717, 1.165) is 50.9 Å². The molecule has 2 N–H and O–H groups in total. The van der Waals surface area contributed by atoms with Gasteiger partial charge < -0.3 is 30.0 Å². The van der Waals surface area contributed by atoms with Crippen LogP contribution in [0.15, 0.2) is 29.3 Å². The normalized spacial score (nSPS) is 20.0. The van der Waals surface area contributed by atoms with Gasteiger partial charge in [0.05, 0.1) is 5.69 Å². The molecular formula is C22H39IN6O. The molecule has 0 bridgehead atoms. The molecule has 0 spiro atoms. The van der Waals surface area contributed by atoms with Gasteiger partial charge in [0.1, 0.15) is 5.75 Å². The second-order valence-corrected chi connectivity index (χ2v) is 8.23. The molecule has 2 heterocycles. The monoisotopic (exact) mass is 530 g/mol. The zero-order valence-electron chi connectivity index (χ0n) is 18.8. The fourth-order valence-electron chi connectivity index (χ4n) is 4.28. The van der Waals surface area contributed by atoms with Crippen molar-refractivity contribution in [2.45, 2.75) is 13.8 Å². The van der Waals surface area contributed by atoms with Gasteiger partial charge in [-0.1, -0.05) is 26.0 Å². The summed E-state index contributed by atoms with van der Waals surface area (Å²) in [5.74, 6) is 1.93. The van der Waals surface area contributed by atoms with E-state index in [0.29, 0.717) is 11.7 Å². The molecule has 0 saturated carbocycles. The number of aromatic hydroxyl groups is 1. The van der Waals surface area contributed by atoms with E-state index in [1.807, 2.05) is 25.2 Å². The molecule has 0 aromatic heterocycles. The molecule has 1 atom stereocenters. The van der Waals surface area contributed by atoms with Crippen LogP contribution in [-0.4, -0.2) is 105 Å². The van der Waals surface area contributed by atoms with Gasteiger partial charge in [0.25, 0.3) is 0 Å². The largest absolute Gasteiger partial charge is 0.506 e. The third-order valence-corrected chi connectivity index (χ3v) is 6.10. The summed E-state index contributed by atoms with van der Waals surface area (Å²) in [6.07, 6.45) is 0. The molecule has 0 radical (unpaired) electrons. The minimum absolute atomic E-state index is 0. The number of guanidine groups is 1. The average molecular weight is 530 g/mol. The molecule has 1 unspecified atom stereocenters. The number of para-hydroxylation sites is 2. The summed E-state index contributed by atoms with van der Waals surface area (Å²) in [6, 6.07) is 7.59. The van der Waals surface area contributed by atoms with Crippen LogP contribution in [0, 0.1) is 5.92 Å². The van der Waals surface area contributed by atoms with Gasteiger partial charge in [-0.3, -0.25) is 4.99 Å². The zero-order valence-corrected chi connectivity index (χ0v) is 21.1. The minimum atomic E-state index is 0. The van der Waals surface area contributed by atoms with Crippen LogP contribution in [0.1, 0.15) is 13.8 Å². The Kier molecular flexibility index (Phi) is 10.5. The number of hydrogen-bond donors (Lipinski definition) is 2. The second-order valence-electron chi connectivity index (χ2n) is 8.23. The third kappa shape index (κ3) is 6.88. The van der Waals surface area contributed by atoms with Crippen molar-refractivity contribution in [1.29, 1.82) is 0 Å². The Morgan fingerprint density at radius 3 is 2.27 bits per heavy atom. The maximum atomic E-state index is 10.1. The predicted molar refractivity (Wildman–Crippen MR) is 136 cm³/mol. The Balaban J connectivity index is 0.00000320. The van der Waals surface area contributed by atoms with E-state index < -0.39 is 0 Å². The van der Waals surface area contributed by atoms with E-state index in [1.165, 1.54) is 32.7 Å². The fraction of sp³-hybridized carbons (Fsp3) is 0.682. The first-order chi connectivity index (χ1) is 14.1. The van der Waals surface area contributed by atoms with Crippen LogP contribution in [0.3, 0.4) is 0 Å². The lowest BCUT2D eigenvalue weighted by Gasteiger charge is -2.38. The smallest absolute Gasteiger partial charge is 0.193 e. The highest BCUT2D eigenvalue weighted by molar-refractivity contribution is 14.0. The quantitative estimate of drug-likeness (QED) is 0.334. The number of likely N-dealkylation sites (N-methyl/N-ethyl adjacent to an activating group) is 1. The van der Waals surface area contributed by atoms with Gasteiger partial charge in [-0.05, 0) is 24.6 Å². The van der Waals surface area contributed by atoms with Crippen molar-refractivity contribution >= 4 is 35.6 Å². The molecule has 1 aromatic carbocycles. The number of phenolic OH excluding ortho intramolecular Hbond substituents is 1. The summed E-state index contributed by atoms with van der Waals surface area (Å²) in [7, 11) is 1.87. The predicted octanol–water partition coefficient (Wildman–Crippen LogP) is 1.98. The van der Waals surface area contributed by atoms with Crippen molar-refractivity contribution in [1.82, 2.24) is 20.0 Å². The molecular weight excluding hydrogens is 491 g/mol. The number of nitrogens with one attached hydrogen (secondary N) is 1. The van der Waals surface area contributed by atoms with E-state index in [2.05, 4.69) is 43.8 Å². The fourth-order valence-corrected chi connectivity index (χ4v) is 4.28. The van der Waals surface area contributed by atoms with Crippen LogP contribution >= 0.6 is 24.0 Å². The number of aliphatic imine (C=N–C) groups is 1. The van der Waals surface area contributed by atoms with Gasteiger partial charge in [-0.2, -0.15) is 0 Å². The lowest BCUT2D eigenvalue weighted by molar-refractivity contribution is 0.124. The van der Waals surface area contributed by atoms with Crippen LogP contribution in [0.25, 0.3) is 0 Å². The van der Waals surface area contributed by atoms with Crippen molar-refractivity contribution in [2.75, 3.05) is 83.9 Å². The molecule has 2 fully saturated rings. The van der Waals surface area contributed by atoms with E-state index in [9.17, 15) is 5.11 Å². The summed E-state index contributed by atoms with van der Waals surface area (Å²) in [6.45, 7) is 16.1. The Hall–Kier alpha value is -1.26. The number of phenols is 1. The molecule has 3 rings (SSSR count). The maximum absolute atomic E-state index is 10.1. The topological polar surface area (TPSA) is 57.6 Å². The summed E-state index contributed by atoms with van der Waals surface area (Å²) >= 11 is 0. The molecule has 2 aliphatic heterocycles. The Morgan fingerprint density at radius 2 is 1.67 bits per heavy atom. The van der Waals surface area contributed by atoms with Crippen molar-refractivity contribution in [2.24, 2.45) is 10.9 Å². The number of piperazine rings is 2. The number of hydrogen-bond acceptors (Lipinski definition) is 5. The van der Waals surface area contributed by atoms with Gasteiger partial charge in [0.2, 0.25) is 0 Å². The van der Waals surface area contributed by atoms with E-state index in [-0.39, 0.29) is 24.0 Å². The first-order valence-electron chi connectivity index (χ1n) is 11.0. The molecule has 170 valence electrons. The molecule has 7 nitrogen and oxygen atoms in total. The maximum Gasteiger partial charge on any atom is 0.193 e. The lowest BCUT2D eigenvalue weighted by atomic mass is 10.1. The highest BCUT2D eigenvalue weighted by Crippen LogP contribution is 2.27. The lowest BCUT2D eigenvalue weighted by Crippen LogP contribution is -2.53. The highest BCUT2D eigenvalue weighted by atomic mass is 127. The van der Waals surface area contributed by atoms with Crippen molar-refractivity contribution < 1.29 is 5.11 Å². The van der Waals surface area contributed by atoms with Gasteiger partial charge in [0, 0.05) is 72.5 Å². The second kappa shape index (κ2) is 12.6. The molecule has 30 heavy (non-hydrogen) atoms. The summed E-state index contributed by atoms with van der Waals surface area (Å²) < 4.78 is 0. The molecule has 2 saturated heterocycles. The number of benzene rings is 1.